The van der Waals surface area contributed by atoms with Gasteiger partial charge < -0.3 is 4.74 Å². The van der Waals surface area contributed by atoms with Crippen molar-refractivity contribution < 1.29 is 9.53 Å². The Labute approximate surface area is 112 Å². The molecular formula is C14H14ClNO2. The van der Waals surface area contributed by atoms with E-state index < -0.39 is 11.6 Å². The summed E-state index contributed by atoms with van der Waals surface area (Å²) in [6.45, 7) is 5.26. The van der Waals surface area contributed by atoms with Crippen LogP contribution in [0, 0.1) is 11.3 Å². The van der Waals surface area contributed by atoms with E-state index in [4.69, 9.17) is 21.6 Å². The first-order chi connectivity index (χ1) is 8.31. The maximum atomic E-state index is 11.7. The van der Waals surface area contributed by atoms with Gasteiger partial charge in [-0.05, 0) is 44.5 Å². The van der Waals surface area contributed by atoms with Gasteiger partial charge in [-0.1, -0.05) is 23.7 Å². The number of nitriles is 1. The highest BCUT2D eigenvalue weighted by molar-refractivity contribution is 6.30. The van der Waals surface area contributed by atoms with Gasteiger partial charge in [-0.2, -0.15) is 5.26 Å². The Kier molecular flexibility index (Phi) is 4.52. The zero-order valence-corrected chi connectivity index (χ0v) is 11.3. The molecule has 3 nitrogen and oxygen atoms in total. The summed E-state index contributed by atoms with van der Waals surface area (Å²) in [6, 6.07) is 8.68. The van der Waals surface area contributed by atoms with Crippen LogP contribution in [0.4, 0.5) is 0 Å². The van der Waals surface area contributed by atoms with E-state index in [0.29, 0.717) is 5.02 Å². The van der Waals surface area contributed by atoms with Gasteiger partial charge in [0, 0.05) is 5.02 Å². The van der Waals surface area contributed by atoms with Crippen LogP contribution in [-0.2, 0) is 9.53 Å². The monoisotopic (exact) mass is 263 g/mol. The van der Waals surface area contributed by atoms with Gasteiger partial charge in [0.1, 0.15) is 17.2 Å². The van der Waals surface area contributed by atoms with Crippen molar-refractivity contribution in [3.63, 3.8) is 0 Å². The van der Waals surface area contributed by atoms with Crippen molar-refractivity contribution >= 4 is 23.6 Å². The number of nitrogens with zero attached hydrogens (tertiary/aromatic N) is 1. The largest absolute Gasteiger partial charge is 0.456 e. The fraction of sp³-hybridized carbons (Fsp3) is 0.286. The smallest absolute Gasteiger partial charge is 0.349 e. The summed E-state index contributed by atoms with van der Waals surface area (Å²) in [5.74, 6) is -0.625. The standard InChI is InChI=1S/C14H14ClNO2/c1-14(2,3)18-13(17)11(9-16)8-10-4-6-12(15)7-5-10/h4-8H,1-3H3/b11-8+. The molecule has 0 radical (unpaired) electrons. The molecule has 0 fully saturated rings. The van der Waals surface area contributed by atoms with Gasteiger partial charge in [0.25, 0.3) is 0 Å². The fourth-order valence-corrected chi connectivity index (χ4v) is 1.32. The topological polar surface area (TPSA) is 50.1 Å². The van der Waals surface area contributed by atoms with E-state index in [-0.39, 0.29) is 5.57 Å². The summed E-state index contributed by atoms with van der Waals surface area (Å²) in [7, 11) is 0. The molecule has 18 heavy (non-hydrogen) atoms. The molecule has 4 heteroatoms. The van der Waals surface area contributed by atoms with Crippen LogP contribution in [0.15, 0.2) is 29.8 Å². The quantitative estimate of drug-likeness (QED) is 0.465. The molecule has 0 unspecified atom stereocenters. The van der Waals surface area contributed by atoms with Crippen molar-refractivity contribution in [3.05, 3.63) is 40.4 Å². The molecule has 0 aliphatic heterocycles. The molecule has 0 aliphatic rings. The number of carbonyl (C=O) groups excluding carboxylic acids is 1. The second-order valence-corrected chi connectivity index (χ2v) is 5.16. The van der Waals surface area contributed by atoms with E-state index in [0.717, 1.165) is 5.56 Å². The summed E-state index contributed by atoms with van der Waals surface area (Å²) in [5.41, 5.74) is 0.0709. The molecule has 0 saturated carbocycles. The van der Waals surface area contributed by atoms with Crippen LogP contribution in [-0.4, -0.2) is 11.6 Å². The molecule has 0 saturated heterocycles. The van der Waals surface area contributed by atoms with Crippen molar-refractivity contribution in [2.45, 2.75) is 26.4 Å². The Morgan fingerprint density at radius 2 is 1.89 bits per heavy atom. The Morgan fingerprint density at radius 3 is 2.33 bits per heavy atom. The number of hydrogen-bond donors (Lipinski definition) is 0. The minimum absolute atomic E-state index is 0.0350. The first-order valence-corrected chi connectivity index (χ1v) is 5.80. The van der Waals surface area contributed by atoms with Gasteiger partial charge in [0.15, 0.2) is 0 Å². The van der Waals surface area contributed by atoms with Crippen LogP contribution in [0.5, 0.6) is 0 Å². The van der Waals surface area contributed by atoms with Crippen LogP contribution in [0.25, 0.3) is 6.08 Å². The van der Waals surface area contributed by atoms with Gasteiger partial charge in [0.2, 0.25) is 0 Å². The molecule has 1 aromatic carbocycles. The molecule has 0 aliphatic carbocycles. The fourth-order valence-electron chi connectivity index (χ4n) is 1.20. The summed E-state index contributed by atoms with van der Waals surface area (Å²) in [6.07, 6.45) is 1.48. The van der Waals surface area contributed by atoms with Crippen LogP contribution in [0.2, 0.25) is 5.02 Å². The number of ether oxygens (including phenoxy) is 1. The van der Waals surface area contributed by atoms with Crippen LogP contribution in [0.3, 0.4) is 0 Å². The minimum Gasteiger partial charge on any atom is -0.456 e. The summed E-state index contributed by atoms with van der Waals surface area (Å²) >= 11 is 5.75. The van der Waals surface area contributed by atoms with E-state index >= 15 is 0 Å². The maximum Gasteiger partial charge on any atom is 0.349 e. The van der Waals surface area contributed by atoms with Crippen molar-refractivity contribution in [2.24, 2.45) is 0 Å². The van der Waals surface area contributed by atoms with Gasteiger partial charge in [-0.25, -0.2) is 4.79 Å². The highest BCUT2D eigenvalue weighted by Crippen LogP contribution is 2.15. The van der Waals surface area contributed by atoms with Crippen LogP contribution in [0.1, 0.15) is 26.3 Å². The van der Waals surface area contributed by atoms with E-state index in [9.17, 15) is 4.79 Å². The lowest BCUT2D eigenvalue weighted by Gasteiger charge is -2.18. The predicted molar refractivity (Wildman–Crippen MR) is 70.9 cm³/mol. The molecule has 0 atom stereocenters. The molecular weight excluding hydrogens is 250 g/mol. The van der Waals surface area contributed by atoms with Crippen LogP contribution < -0.4 is 0 Å². The lowest BCUT2D eigenvalue weighted by atomic mass is 10.1. The average molecular weight is 264 g/mol. The first kappa shape index (κ1) is 14.3. The van der Waals surface area contributed by atoms with Crippen molar-refractivity contribution in [2.75, 3.05) is 0 Å². The Hall–Kier alpha value is -1.79. The lowest BCUT2D eigenvalue weighted by Crippen LogP contribution is -2.24. The second-order valence-electron chi connectivity index (χ2n) is 4.72. The molecule has 94 valence electrons. The van der Waals surface area contributed by atoms with Gasteiger partial charge in [-0.3, -0.25) is 0 Å². The zero-order valence-electron chi connectivity index (χ0n) is 10.5. The Balaban J connectivity index is 2.94. The first-order valence-electron chi connectivity index (χ1n) is 5.42. The molecule has 0 heterocycles. The molecule has 1 aromatic rings. The highest BCUT2D eigenvalue weighted by Gasteiger charge is 2.19. The number of esters is 1. The number of carbonyl (C=O) groups is 1. The molecule has 0 N–H and O–H groups in total. The number of rotatable bonds is 2. The third-order valence-corrected chi connectivity index (χ3v) is 2.17. The van der Waals surface area contributed by atoms with Gasteiger partial charge in [-0.15, -0.1) is 0 Å². The second kappa shape index (κ2) is 5.70. The predicted octanol–water partition coefficient (Wildman–Crippen LogP) is 3.59. The molecule has 0 amide bonds. The van der Waals surface area contributed by atoms with Crippen molar-refractivity contribution in [1.82, 2.24) is 0 Å². The Bertz CT molecular complexity index is 504. The third kappa shape index (κ3) is 4.60. The zero-order chi connectivity index (χ0) is 13.8. The number of hydrogen-bond acceptors (Lipinski definition) is 3. The summed E-state index contributed by atoms with van der Waals surface area (Å²) in [5, 5.41) is 9.56. The van der Waals surface area contributed by atoms with Crippen molar-refractivity contribution in [1.29, 1.82) is 5.26 Å². The Morgan fingerprint density at radius 1 is 1.33 bits per heavy atom. The molecule has 0 spiro atoms. The van der Waals surface area contributed by atoms with Gasteiger partial charge >= 0.3 is 5.97 Å². The van der Waals surface area contributed by atoms with E-state index in [1.807, 2.05) is 6.07 Å². The number of halogens is 1. The summed E-state index contributed by atoms with van der Waals surface area (Å²) in [4.78, 5) is 11.7. The van der Waals surface area contributed by atoms with Crippen molar-refractivity contribution in [3.8, 4) is 6.07 Å². The van der Waals surface area contributed by atoms with Crippen LogP contribution >= 0.6 is 11.6 Å². The number of benzene rings is 1. The van der Waals surface area contributed by atoms with Gasteiger partial charge in [0.05, 0.1) is 0 Å². The maximum absolute atomic E-state index is 11.7. The highest BCUT2D eigenvalue weighted by atomic mass is 35.5. The molecule has 0 aromatic heterocycles. The summed E-state index contributed by atoms with van der Waals surface area (Å²) < 4.78 is 5.13. The van der Waals surface area contributed by atoms with E-state index in [1.54, 1.807) is 45.0 Å². The van der Waals surface area contributed by atoms with E-state index in [1.165, 1.54) is 6.08 Å². The molecule has 0 bridgehead atoms. The normalized spacial score (nSPS) is 11.8. The van der Waals surface area contributed by atoms with E-state index in [2.05, 4.69) is 0 Å². The minimum atomic E-state index is -0.625. The molecule has 1 rings (SSSR count). The average Bonchev–Trinajstić information content (AvgIpc) is 2.25. The SMILES string of the molecule is CC(C)(C)OC(=O)/C(C#N)=C/c1ccc(Cl)cc1. The lowest BCUT2D eigenvalue weighted by molar-refractivity contribution is -0.149. The third-order valence-electron chi connectivity index (χ3n) is 1.92.